The largest absolute Gasteiger partial charge is 0.384 e. The molecule has 19 heavy (non-hydrogen) atoms. The molecule has 3 nitrogen and oxygen atoms in total. The average molecular weight is 255 g/mol. The van der Waals surface area contributed by atoms with Crippen molar-refractivity contribution in [3.05, 3.63) is 53.9 Å². The molecule has 0 aliphatic heterocycles. The minimum absolute atomic E-state index is 0.888. The predicted octanol–water partition coefficient (Wildman–Crippen LogP) is 3.46. The summed E-state index contributed by atoms with van der Waals surface area (Å²) >= 11 is 0. The smallest absolute Gasteiger partial charge is 0.0573 e. The van der Waals surface area contributed by atoms with Crippen LogP contribution in [0, 0.1) is 6.92 Å². The Morgan fingerprint density at radius 1 is 1.21 bits per heavy atom. The quantitative estimate of drug-likeness (QED) is 0.887. The Hall–Kier alpha value is -2.03. The zero-order valence-corrected chi connectivity index (χ0v) is 11.9. The zero-order chi connectivity index (χ0) is 13.7. The molecule has 1 aromatic heterocycles. The summed E-state index contributed by atoms with van der Waals surface area (Å²) in [5.41, 5.74) is 4.80. The lowest BCUT2D eigenvalue weighted by Gasteiger charge is -2.20. The van der Waals surface area contributed by atoms with Crippen molar-refractivity contribution in [2.45, 2.75) is 20.4 Å². The number of aryl methyl sites for hydroxylation is 1. The molecule has 0 amide bonds. The van der Waals surface area contributed by atoms with Crippen LogP contribution in [0.4, 0.5) is 11.4 Å². The van der Waals surface area contributed by atoms with Gasteiger partial charge in [-0.3, -0.25) is 4.98 Å². The number of pyridine rings is 1. The molecule has 100 valence electrons. The van der Waals surface area contributed by atoms with Gasteiger partial charge in [0.2, 0.25) is 0 Å². The minimum atomic E-state index is 0.888. The van der Waals surface area contributed by atoms with Crippen molar-refractivity contribution in [2.24, 2.45) is 0 Å². The van der Waals surface area contributed by atoms with Gasteiger partial charge in [-0.05, 0) is 25.5 Å². The van der Waals surface area contributed by atoms with Crippen molar-refractivity contribution in [3.8, 4) is 0 Å². The molecule has 0 aliphatic rings. The maximum absolute atomic E-state index is 4.28. The molecular weight excluding hydrogens is 234 g/mol. The van der Waals surface area contributed by atoms with Gasteiger partial charge in [-0.2, -0.15) is 0 Å². The Bertz CT molecular complexity index is 537. The molecule has 2 aromatic rings. The summed E-state index contributed by atoms with van der Waals surface area (Å²) in [5, 5.41) is 3.29. The van der Waals surface area contributed by atoms with E-state index in [9.17, 15) is 0 Å². The van der Waals surface area contributed by atoms with Gasteiger partial charge in [-0.25, -0.2) is 0 Å². The van der Waals surface area contributed by atoms with Gasteiger partial charge < -0.3 is 10.2 Å². The van der Waals surface area contributed by atoms with Crippen molar-refractivity contribution in [1.82, 2.24) is 4.98 Å². The highest BCUT2D eigenvalue weighted by Gasteiger charge is 2.04. The van der Waals surface area contributed by atoms with E-state index in [4.69, 9.17) is 0 Å². The number of hydrogen-bond donors (Lipinski definition) is 1. The Morgan fingerprint density at radius 2 is 2.05 bits per heavy atom. The van der Waals surface area contributed by atoms with Crippen molar-refractivity contribution in [3.63, 3.8) is 0 Å². The molecular formula is C16H21N3. The van der Waals surface area contributed by atoms with Crippen LogP contribution in [-0.4, -0.2) is 18.6 Å². The van der Waals surface area contributed by atoms with Gasteiger partial charge >= 0.3 is 0 Å². The molecule has 1 aromatic carbocycles. The molecule has 0 saturated heterocycles. The maximum Gasteiger partial charge on any atom is 0.0573 e. The highest BCUT2D eigenvalue weighted by atomic mass is 15.1. The Kier molecular flexibility index (Phi) is 4.39. The molecule has 0 bridgehead atoms. The van der Waals surface area contributed by atoms with Crippen LogP contribution in [-0.2, 0) is 6.54 Å². The van der Waals surface area contributed by atoms with Crippen LogP contribution in [0.1, 0.15) is 18.1 Å². The van der Waals surface area contributed by atoms with E-state index in [1.54, 1.807) is 0 Å². The van der Waals surface area contributed by atoms with Crippen LogP contribution in [0.15, 0.2) is 42.7 Å². The number of aromatic nitrogens is 1. The Balaban J connectivity index is 2.11. The number of hydrogen-bond acceptors (Lipinski definition) is 3. The van der Waals surface area contributed by atoms with E-state index in [0.717, 1.165) is 24.5 Å². The summed E-state index contributed by atoms with van der Waals surface area (Å²) in [6.45, 7) is 6.01. The fourth-order valence-corrected chi connectivity index (χ4v) is 2.11. The van der Waals surface area contributed by atoms with Gasteiger partial charge in [-0.1, -0.05) is 29.8 Å². The lowest BCUT2D eigenvalue weighted by atomic mass is 10.1. The molecule has 3 heteroatoms. The highest BCUT2D eigenvalue weighted by molar-refractivity contribution is 5.55. The minimum Gasteiger partial charge on any atom is -0.384 e. The second-order valence-corrected chi connectivity index (χ2v) is 4.81. The summed E-state index contributed by atoms with van der Waals surface area (Å²) in [6, 6.07) is 10.7. The van der Waals surface area contributed by atoms with Crippen LogP contribution >= 0.6 is 0 Å². The van der Waals surface area contributed by atoms with Gasteiger partial charge in [0.25, 0.3) is 0 Å². The Labute approximate surface area is 115 Å². The summed E-state index contributed by atoms with van der Waals surface area (Å²) in [5.74, 6) is 0. The van der Waals surface area contributed by atoms with Crippen molar-refractivity contribution >= 4 is 11.4 Å². The molecule has 1 heterocycles. The first-order chi connectivity index (χ1) is 9.19. The standard InChI is InChI=1S/C16H21N3/c1-4-18-15-9-16(11-17-10-15)19(3)12-14-7-5-6-13(2)8-14/h5-11,18H,4,12H2,1-3H3. The van der Waals surface area contributed by atoms with Gasteiger partial charge in [0.1, 0.15) is 0 Å². The summed E-state index contributed by atoms with van der Waals surface area (Å²) in [6.07, 6.45) is 3.75. The molecule has 0 atom stereocenters. The summed E-state index contributed by atoms with van der Waals surface area (Å²) in [7, 11) is 2.09. The third-order valence-electron chi connectivity index (χ3n) is 3.05. The molecule has 0 fully saturated rings. The SMILES string of the molecule is CCNc1cncc(N(C)Cc2cccc(C)c2)c1. The van der Waals surface area contributed by atoms with Crippen LogP contribution in [0.25, 0.3) is 0 Å². The van der Waals surface area contributed by atoms with E-state index in [2.05, 4.69) is 66.4 Å². The van der Waals surface area contributed by atoms with Crippen LogP contribution in [0.5, 0.6) is 0 Å². The van der Waals surface area contributed by atoms with Crippen LogP contribution in [0.3, 0.4) is 0 Å². The molecule has 0 saturated carbocycles. The normalized spacial score (nSPS) is 10.3. The Morgan fingerprint density at radius 3 is 2.79 bits per heavy atom. The van der Waals surface area contributed by atoms with Gasteiger partial charge in [-0.15, -0.1) is 0 Å². The van der Waals surface area contributed by atoms with Gasteiger partial charge in [0, 0.05) is 20.1 Å². The van der Waals surface area contributed by atoms with E-state index in [0.29, 0.717) is 0 Å². The molecule has 0 aliphatic carbocycles. The molecule has 2 rings (SSSR count). The summed E-state index contributed by atoms with van der Waals surface area (Å²) in [4.78, 5) is 6.49. The average Bonchev–Trinajstić information content (AvgIpc) is 2.39. The van der Waals surface area contributed by atoms with E-state index in [1.165, 1.54) is 11.1 Å². The zero-order valence-electron chi connectivity index (χ0n) is 11.9. The molecule has 0 unspecified atom stereocenters. The number of rotatable bonds is 5. The van der Waals surface area contributed by atoms with Crippen LogP contribution < -0.4 is 10.2 Å². The van der Waals surface area contributed by atoms with E-state index in [1.807, 2.05) is 12.4 Å². The van der Waals surface area contributed by atoms with Crippen molar-refractivity contribution in [1.29, 1.82) is 0 Å². The van der Waals surface area contributed by atoms with E-state index in [-0.39, 0.29) is 0 Å². The first-order valence-corrected chi connectivity index (χ1v) is 6.64. The predicted molar refractivity (Wildman–Crippen MR) is 81.7 cm³/mol. The van der Waals surface area contributed by atoms with Gasteiger partial charge in [0.15, 0.2) is 0 Å². The monoisotopic (exact) mass is 255 g/mol. The van der Waals surface area contributed by atoms with Crippen molar-refractivity contribution in [2.75, 3.05) is 23.8 Å². The number of anilines is 2. The topological polar surface area (TPSA) is 28.2 Å². The fraction of sp³-hybridized carbons (Fsp3) is 0.312. The number of nitrogens with one attached hydrogen (secondary N) is 1. The van der Waals surface area contributed by atoms with Crippen molar-refractivity contribution < 1.29 is 0 Å². The highest BCUT2D eigenvalue weighted by Crippen LogP contribution is 2.18. The molecule has 1 N–H and O–H groups in total. The third kappa shape index (κ3) is 3.71. The second-order valence-electron chi connectivity index (χ2n) is 4.81. The number of benzene rings is 1. The maximum atomic E-state index is 4.28. The fourth-order valence-electron chi connectivity index (χ4n) is 2.11. The lowest BCUT2D eigenvalue weighted by molar-refractivity contribution is 0.916. The van der Waals surface area contributed by atoms with E-state index < -0.39 is 0 Å². The second kappa shape index (κ2) is 6.23. The van der Waals surface area contributed by atoms with Gasteiger partial charge in [0.05, 0.1) is 23.8 Å². The molecule has 0 spiro atoms. The van der Waals surface area contributed by atoms with Crippen LogP contribution in [0.2, 0.25) is 0 Å². The summed E-state index contributed by atoms with van der Waals surface area (Å²) < 4.78 is 0. The number of nitrogens with zero attached hydrogens (tertiary/aromatic N) is 2. The first-order valence-electron chi connectivity index (χ1n) is 6.64. The van der Waals surface area contributed by atoms with E-state index >= 15 is 0 Å². The molecule has 0 radical (unpaired) electrons. The third-order valence-corrected chi connectivity index (χ3v) is 3.05. The lowest BCUT2D eigenvalue weighted by Crippen LogP contribution is -2.16. The first kappa shape index (κ1) is 13.4.